The Balaban J connectivity index is 2.37. The molecule has 3 aromatic rings. The number of fused-ring (bicyclic) bond motifs is 3. The van der Waals surface area contributed by atoms with E-state index in [1.165, 1.54) is 7.11 Å². The molecule has 1 aromatic carbocycles. The van der Waals surface area contributed by atoms with Crippen LogP contribution in [0.1, 0.15) is 10.4 Å². The van der Waals surface area contributed by atoms with Crippen molar-refractivity contribution in [2.75, 3.05) is 7.11 Å². The first-order chi connectivity index (χ1) is 9.20. The molecule has 0 unspecified atom stereocenters. The molecule has 0 bridgehead atoms. The molecular formula is C14H9ClN2O2. The molecule has 5 heteroatoms. The second-order valence-corrected chi connectivity index (χ2v) is 4.41. The van der Waals surface area contributed by atoms with Gasteiger partial charge in [0.05, 0.1) is 18.2 Å². The van der Waals surface area contributed by atoms with Gasteiger partial charge in [-0.15, -0.1) is 0 Å². The Morgan fingerprint density at radius 2 is 2.05 bits per heavy atom. The van der Waals surface area contributed by atoms with Crippen molar-refractivity contribution < 1.29 is 9.53 Å². The lowest BCUT2D eigenvalue weighted by Gasteiger charge is -2.06. The van der Waals surface area contributed by atoms with Gasteiger partial charge < -0.3 is 4.74 Å². The zero-order valence-electron chi connectivity index (χ0n) is 10.1. The fraction of sp³-hybridized carbons (Fsp3) is 0.0714. The SMILES string of the molecule is COC(=O)c1ccc2c(c1)nc(Cl)c1ccncc12. The van der Waals surface area contributed by atoms with E-state index in [4.69, 9.17) is 16.3 Å². The summed E-state index contributed by atoms with van der Waals surface area (Å²) in [5.41, 5.74) is 1.09. The van der Waals surface area contributed by atoms with Gasteiger partial charge in [0.2, 0.25) is 0 Å². The van der Waals surface area contributed by atoms with Crippen molar-refractivity contribution in [3.63, 3.8) is 0 Å². The summed E-state index contributed by atoms with van der Waals surface area (Å²) >= 11 is 6.15. The minimum atomic E-state index is -0.397. The number of halogens is 1. The molecule has 0 radical (unpaired) electrons. The van der Waals surface area contributed by atoms with E-state index in [9.17, 15) is 4.79 Å². The summed E-state index contributed by atoms with van der Waals surface area (Å²) in [5.74, 6) is -0.397. The Kier molecular flexibility index (Phi) is 2.80. The van der Waals surface area contributed by atoms with E-state index < -0.39 is 5.97 Å². The molecule has 19 heavy (non-hydrogen) atoms. The van der Waals surface area contributed by atoms with E-state index in [0.29, 0.717) is 16.2 Å². The van der Waals surface area contributed by atoms with Gasteiger partial charge in [0.1, 0.15) is 5.15 Å². The monoisotopic (exact) mass is 272 g/mol. The Morgan fingerprint density at radius 1 is 1.21 bits per heavy atom. The maximum Gasteiger partial charge on any atom is 0.337 e. The number of hydrogen-bond acceptors (Lipinski definition) is 4. The molecule has 4 nitrogen and oxygen atoms in total. The molecule has 0 atom stereocenters. The van der Waals surface area contributed by atoms with Gasteiger partial charge in [0.15, 0.2) is 0 Å². The normalized spacial score (nSPS) is 10.8. The third-order valence-electron chi connectivity index (χ3n) is 2.97. The summed E-state index contributed by atoms with van der Waals surface area (Å²) in [7, 11) is 1.34. The Labute approximate surface area is 114 Å². The summed E-state index contributed by atoms with van der Waals surface area (Å²) in [6.45, 7) is 0. The maximum atomic E-state index is 11.5. The molecule has 0 aliphatic heterocycles. The first-order valence-corrected chi connectivity index (χ1v) is 6.00. The number of carbonyl (C=O) groups is 1. The molecule has 0 saturated heterocycles. The largest absolute Gasteiger partial charge is 0.465 e. The molecule has 0 spiro atoms. The fourth-order valence-electron chi connectivity index (χ4n) is 2.05. The molecule has 0 N–H and O–H groups in total. The Bertz CT molecular complexity index is 802. The number of aromatic nitrogens is 2. The van der Waals surface area contributed by atoms with Crippen molar-refractivity contribution in [1.82, 2.24) is 9.97 Å². The average molecular weight is 273 g/mol. The lowest BCUT2D eigenvalue weighted by atomic mass is 10.1. The number of ether oxygens (including phenoxy) is 1. The van der Waals surface area contributed by atoms with Crippen LogP contribution in [-0.2, 0) is 4.74 Å². The lowest BCUT2D eigenvalue weighted by molar-refractivity contribution is 0.0601. The predicted molar refractivity (Wildman–Crippen MR) is 73.4 cm³/mol. The number of carbonyl (C=O) groups excluding carboxylic acids is 1. The van der Waals surface area contributed by atoms with E-state index in [1.54, 1.807) is 24.5 Å². The molecule has 94 valence electrons. The molecule has 2 aromatic heterocycles. The number of rotatable bonds is 1. The highest BCUT2D eigenvalue weighted by molar-refractivity contribution is 6.35. The number of pyridine rings is 2. The topological polar surface area (TPSA) is 52.1 Å². The van der Waals surface area contributed by atoms with Gasteiger partial charge >= 0.3 is 5.97 Å². The summed E-state index contributed by atoms with van der Waals surface area (Å²) in [4.78, 5) is 19.9. The third kappa shape index (κ3) is 1.90. The second kappa shape index (κ2) is 4.48. The number of esters is 1. The van der Waals surface area contributed by atoms with E-state index in [-0.39, 0.29) is 0 Å². The van der Waals surface area contributed by atoms with Crippen LogP contribution in [0.5, 0.6) is 0 Å². The highest BCUT2D eigenvalue weighted by atomic mass is 35.5. The van der Waals surface area contributed by atoms with Gasteiger partial charge in [-0.25, -0.2) is 9.78 Å². The predicted octanol–water partition coefficient (Wildman–Crippen LogP) is 3.22. The summed E-state index contributed by atoms with van der Waals surface area (Å²) in [5, 5.41) is 3.05. The van der Waals surface area contributed by atoms with Crippen LogP contribution in [0.25, 0.3) is 21.7 Å². The summed E-state index contributed by atoms with van der Waals surface area (Å²) < 4.78 is 4.69. The second-order valence-electron chi connectivity index (χ2n) is 4.05. The van der Waals surface area contributed by atoms with Crippen LogP contribution < -0.4 is 0 Å². The van der Waals surface area contributed by atoms with E-state index >= 15 is 0 Å². The number of nitrogens with zero attached hydrogens (tertiary/aromatic N) is 2. The standard InChI is InChI=1S/C14H9ClN2O2/c1-19-14(18)8-2-3-9-11-7-16-5-4-10(11)13(15)17-12(9)6-8/h2-7H,1H3. The average Bonchev–Trinajstić information content (AvgIpc) is 2.46. The quantitative estimate of drug-likeness (QED) is 0.388. The van der Waals surface area contributed by atoms with Gasteiger partial charge in [-0.05, 0) is 18.2 Å². The van der Waals surface area contributed by atoms with Gasteiger partial charge in [0, 0.05) is 28.6 Å². The Hall–Kier alpha value is -2.20. The first kappa shape index (κ1) is 11.9. The van der Waals surface area contributed by atoms with Gasteiger partial charge in [0.25, 0.3) is 0 Å². The first-order valence-electron chi connectivity index (χ1n) is 5.62. The van der Waals surface area contributed by atoms with Crippen LogP contribution >= 0.6 is 11.6 Å². The molecule has 0 saturated carbocycles. The van der Waals surface area contributed by atoms with E-state index in [1.807, 2.05) is 12.1 Å². The minimum absolute atomic E-state index is 0.395. The molecule has 0 aliphatic rings. The highest BCUT2D eigenvalue weighted by Crippen LogP contribution is 2.28. The van der Waals surface area contributed by atoms with Gasteiger partial charge in [-0.3, -0.25) is 4.98 Å². The molecular weight excluding hydrogens is 264 g/mol. The molecule has 0 aliphatic carbocycles. The van der Waals surface area contributed by atoms with Crippen molar-refractivity contribution in [1.29, 1.82) is 0 Å². The minimum Gasteiger partial charge on any atom is -0.465 e. The van der Waals surface area contributed by atoms with Gasteiger partial charge in [-0.1, -0.05) is 17.7 Å². The van der Waals surface area contributed by atoms with Crippen LogP contribution in [0.4, 0.5) is 0 Å². The van der Waals surface area contributed by atoms with Crippen molar-refractivity contribution in [2.24, 2.45) is 0 Å². The lowest BCUT2D eigenvalue weighted by Crippen LogP contribution is -2.01. The highest BCUT2D eigenvalue weighted by Gasteiger charge is 2.10. The smallest absolute Gasteiger partial charge is 0.337 e. The van der Waals surface area contributed by atoms with Crippen LogP contribution in [0, 0.1) is 0 Å². The summed E-state index contributed by atoms with van der Waals surface area (Å²) in [6.07, 6.45) is 3.41. The van der Waals surface area contributed by atoms with Crippen LogP contribution in [0.2, 0.25) is 5.15 Å². The zero-order chi connectivity index (χ0) is 13.4. The van der Waals surface area contributed by atoms with Crippen molar-refractivity contribution >= 4 is 39.2 Å². The fourth-order valence-corrected chi connectivity index (χ4v) is 2.31. The zero-order valence-corrected chi connectivity index (χ0v) is 10.8. The van der Waals surface area contributed by atoms with Crippen LogP contribution in [-0.4, -0.2) is 23.0 Å². The molecule has 0 amide bonds. The molecule has 0 fully saturated rings. The number of hydrogen-bond donors (Lipinski definition) is 0. The van der Waals surface area contributed by atoms with E-state index in [0.717, 1.165) is 16.2 Å². The van der Waals surface area contributed by atoms with Crippen molar-refractivity contribution in [3.8, 4) is 0 Å². The summed E-state index contributed by atoms with van der Waals surface area (Å²) in [6, 6.07) is 7.02. The third-order valence-corrected chi connectivity index (χ3v) is 3.26. The van der Waals surface area contributed by atoms with Crippen molar-refractivity contribution in [2.45, 2.75) is 0 Å². The molecule has 3 rings (SSSR count). The van der Waals surface area contributed by atoms with Gasteiger partial charge in [-0.2, -0.15) is 0 Å². The maximum absolute atomic E-state index is 11.5. The van der Waals surface area contributed by atoms with Crippen LogP contribution in [0.3, 0.4) is 0 Å². The Morgan fingerprint density at radius 3 is 2.84 bits per heavy atom. The van der Waals surface area contributed by atoms with Crippen LogP contribution in [0.15, 0.2) is 36.7 Å². The number of methoxy groups -OCH3 is 1. The number of benzene rings is 1. The van der Waals surface area contributed by atoms with E-state index in [2.05, 4.69) is 9.97 Å². The molecule has 2 heterocycles. The van der Waals surface area contributed by atoms with Crippen molar-refractivity contribution in [3.05, 3.63) is 47.4 Å².